The standard InChI is InChI=1S/C14H17BrClF/c15-10-14(7-2-1-3-8-14)9-11-5-4-6-12(16)13(11)17/h4-6H,1-3,7-10H2. The summed E-state index contributed by atoms with van der Waals surface area (Å²) in [4.78, 5) is 0. The molecule has 0 spiro atoms. The van der Waals surface area contributed by atoms with Crippen LogP contribution in [0.25, 0.3) is 0 Å². The van der Waals surface area contributed by atoms with Crippen LogP contribution in [0.2, 0.25) is 5.02 Å². The minimum absolute atomic E-state index is 0.226. The van der Waals surface area contributed by atoms with Gasteiger partial charge in [0.2, 0.25) is 0 Å². The van der Waals surface area contributed by atoms with Crippen molar-refractivity contribution in [1.82, 2.24) is 0 Å². The molecular formula is C14H17BrClF. The molecule has 1 fully saturated rings. The van der Waals surface area contributed by atoms with Gasteiger partial charge in [-0.05, 0) is 36.3 Å². The second-order valence-corrected chi connectivity index (χ2v) is 6.05. The third kappa shape index (κ3) is 3.03. The maximum absolute atomic E-state index is 13.9. The summed E-state index contributed by atoms with van der Waals surface area (Å²) < 4.78 is 13.9. The van der Waals surface area contributed by atoms with E-state index in [9.17, 15) is 4.39 Å². The van der Waals surface area contributed by atoms with Gasteiger partial charge in [0, 0.05) is 5.33 Å². The van der Waals surface area contributed by atoms with Crippen molar-refractivity contribution in [2.45, 2.75) is 38.5 Å². The van der Waals surface area contributed by atoms with Crippen LogP contribution in [0.4, 0.5) is 4.39 Å². The quantitative estimate of drug-likeness (QED) is 0.657. The zero-order valence-electron chi connectivity index (χ0n) is 9.82. The summed E-state index contributed by atoms with van der Waals surface area (Å²) in [7, 11) is 0. The maximum Gasteiger partial charge on any atom is 0.144 e. The Morgan fingerprint density at radius 1 is 1.24 bits per heavy atom. The molecule has 1 aromatic rings. The third-order valence-corrected chi connectivity index (χ3v) is 5.28. The summed E-state index contributed by atoms with van der Waals surface area (Å²) in [6.07, 6.45) is 6.99. The first kappa shape index (κ1) is 13.4. The molecule has 0 aromatic heterocycles. The molecule has 0 radical (unpaired) electrons. The molecule has 1 saturated carbocycles. The Kier molecular flexibility index (Phi) is 4.48. The molecule has 0 N–H and O–H groups in total. The van der Waals surface area contributed by atoms with Gasteiger partial charge in [-0.1, -0.05) is 58.9 Å². The van der Waals surface area contributed by atoms with Crippen LogP contribution in [-0.4, -0.2) is 5.33 Å². The Hall–Kier alpha value is -0.0800. The van der Waals surface area contributed by atoms with E-state index in [1.54, 1.807) is 6.07 Å². The predicted molar refractivity (Wildman–Crippen MR) is 74.4 cm³/mol. The zero-order chi connectivity index (χ0) is 12.3. The van der Waals surface area contributed by atoms with Gasteiger partial charge < -0.3 is 0 Å². The first-order valence-electron chi connectivity index (χ1n) is 6.16. The van der Waals surface area contributed by atoms with Crippen LogP contribution in [-0.2, 0) is 6.42 Å². The first-order chi connectivity index (χ1) is 8.17. The van der Waals surface area contributed by atoms with E-state index in [0.717, 1.165) is 17.3 Å². The van der Waals surface area contributed by atoms with Gasteiger partial charge in [-0.2, -0.15) is 0 Å². The topological polar surface area (TPSA) is 0 Å². The molecule has 1 aliphatic rings. The van der Waals surface area contributed by atoms with Gasteiger partial charge >= 0.3 is 0 Å². The molecular weight excluding hydrogens is 303 g/mol. The lowest BCUT2D eigenvalue weighted by atomic mass is 9.72. The zero-order valence-corrected chi connectivity index (χ0v) is 12.2. The van der Waals surface area contributed by atoms with Gasteiger partial charge in [-0.25, -0.2) is 4.39 Å². The van der Waals surface area contributed by atoms with Gasteiger partial charge in [0.1, 0.15) is 5.82 Å². The molecule has 0 saturated heterocycles. The minimum Gasteiger partial charge on any atom is -0.205 e. The maximum atomic E-state index is 13.9. The Labute approximate surface area is 116 Å². The molecule has 0 aliphatic heterocycles. The highest BCUT2D eigenvalue weighted by Crippen LogP contribution is 2.41. The Morgan fingerprint density at radius 3 is 2.59 bits per heavy atom. The van der Waals surface area contributed by atoms with E-state index >= 15 is 0 Å². The molecule has 17 heavy (non-hydrogen) atoms. The van der Waals surface area contributed by atoms with E-state index in [0.29, 0.717) is 0 Å². The van der Waals surface area contributed by atoms with Gasteiger partial charge in [-0.3, -0.25) is 0 Å². The average molecular weight is 320 g/mol. The highest BCUT2D eigenvalue weighted by atomic mass is 79.9. The highest BCUT2D eigenvalue weighted by molar-refractivity contribution is 9.09. The lowest BCUT2D eigenvalue weighted by molar-refractivity contribution is 0.221. The molecule has 0 atom stereocenters. The van der Waals surface area contributed by atoms with Gasteiger partial charge in [0.05, 0.1) is 5.02 Å². The van der Waals surface area contributed by atoms with Crippen LogP contribution < -0.4 is 0 Å². The second kappa shape index (κ2) is 5.71. The lowest BCUT2D eigenvalue weighted by Crippen LogP contribution is -2.28. The summed E-state index contributed by atoms with van der Waals surface area (Å²) in [6.45, 7) is 0. The van der Waals surface area contributed by atoms with Crippen LogP contribution >= 0.6 is 27.5 Å². The molecule has 0 bridgehead atoms. The Morgan fingerprint density at radius 2 is 1.94 bits per heavy atom. The molecule has 2 rings (SSSR count). The van der Waals surface area contributed by atoms with E-state index in [2.05, 4.69) is 15.9 Å². The Balaban J connectivity index is 2.20. The van der Waals surface area contributed by atoms with Crippen LogP contribution in [0.5, 0.6) is 0 Å². The first-order valence-corrected chi connectivity index (χ1v) is 7.66. The molecule has 0 unspecified atom stereocenters. The summed E-state index contributed by atoms with van der Waals surface area (Å²) in [5.74, 6) is -0.236. The fraction of sp³-hybridized carbons (Fsp3) is 0.571. The number of halogens is 3. The number of rotatable bonds is 3. The van der Waals surface area contributed by atoms with Crippen molar-refractivity contribution in [2.24, 2.45) is 5.41 Å². The van der Waals surface area contributed by atoms with Crippen molar-refractivity contribution < 1.29 is 4.39 Å². The molecule has 3 heteroatoms. The number of alkyl halides is 1. The summed E-state index contributed by atoms with van der Waals surface area (Å²) >= 11 is 9.45. The van der Waals surface area contributed by atoms with Gasteiger partial charge in [0.25, 0.3) is 0 Å². The average Bonchev–Trinajstić information content (AvgIpc) is 2.36. The van der Waals surface area contributed by atoms with E-state index in [-0.39, 0.29) is 16.3 Å². The number of benzene rings is 1. The van der Waals surface area contributed by atoms with E-state index in [4.69, 9.17) is 11.6 Å². The smallest absolute Gasteiger partial charge is 0.144 e. The lowest BCUT2D eigenvalue weighted by Gasteiger charge is -2.36. The van der Waals surface area contributed by atoms with Crippen LogP contribution in [0.3, 0.4) is 0 Å². The molecule has 0 amide bonds. The second-order valence-electron chi connectivity index (χ2n) is 5.08. The highest BCUT2D eigenvalue weighted by Gasteiger charge is 2.32. The summed E-state index contributed by atoms with van der Waals surface area (Å²) in [5.41, 5.74) is 0.989. The molecule has 1 aliphatic carbocycles. The molecule has 0 nitrogen and oxygen atoms in total. The van der Waals surface area contributed by atoms with Crippen LogP contribution in [0.15, 0.2) is 18.2 Å². The fourth-order valence-corrected chi connectivity index (χ4v) is 3.70. The molecule has 0 heterocycles. The fourth-order valence-electron chi connectivity index (χ4n) is 2.75. The van der Waals surface area contributed by atoms with Crippen LogP contribution in [0, 0.1) is 11.2 Å². The van der Waals surface area contributed by atoms with Crippen molar-refractivity contribution in [3.63, 3.8) is 0 Å². The minimum atomic E-state index is -0.236. The van der Waals surface area contributed by atoms with E-state index < -0.39 is 0 Å². The van der Waals surface area contributed by atoms with Gasteiger partial charge in [0.15, 0.2) is 0 Å². The largest absolute Gasteiger partial charge is 0.205 e. The number of hydrogen-bond donors (Lipinski definition) is 0. The normalized spacial score (nSPS) is 19.2. The summed E-state index contributed by atoms with van der Waals surface area (Å²) in [6, 6.07) is 5.31. The molecule has 1 aromatic carbocycles. The van der Waals surface area contributed by atoms with Crippen molar-refractivity contribution in [1.29, 1.82) is 0 Å². The third-order valence-electron chi connectivity index (χ3n) is 3.79. The van der Waals surface area contributed by atoms with Gasteiger partial charge in [-0.15, -0.1) is 0 Å². The van der Waals surface area contributed by atoms with Crippen molar-refractivity contribution in [3.8, 4) is 0 Å². The van der Waals surface area contributed by atoms with E-state index in [1.165, 1.54) is 32.1 Å². The van der Waals surface area contributed by atoms with Crippen molar-refractivity contribution in [2.75, 3.05) is 5.33 Å². The Bertz CT molecular complexity index is 386. The predicted octanol–water partition coefficient (Wildman–Crippen LogP) is 5.37. The molecule has 94 valence electrons. The summed E-state index contributed by atoms with van der Waals surface area (Å²) in [5, 5.41) is 1.19. The van der Waals surface area contributed by atoms with Crippen molar-refractivity contribution in [3.05, 3.63) is 34.6 Å². The van der Waals surface area contributed by atoms with E-state index in [1.807, 2.05) is 12.1 Å². The van der Waals surface area contributed by atoms with Crippen molar-refractivity contribution >= 4 is 27.5 Å². The SMILES string of the molecule is Fc1c(Cl)cccc1CC1(CBr)CCCCC1. The van der Waals surface area contributed by atoms with Crippen LogP contribution in [0.1, 0.15) is 37.7 Å². The number of hydrogen-bond acceptors (Lipinski definition) is 0. The monoisotopic (exact) mass is 318 g/mol.